The molecule has 0 unspecified atom stereocenters. The molecule has 21 heavy (non-hydrogen) atoms. The summed E-state index contributed by atoms with van der Waals surface area (Å²) in [7, 11) is 0. The van der Waals surface area contributed by atoms with Gasteiger partial charge >= 0.3 is 0 Å². The number of nitrogens with zero attached hydrogens (tertiary/aromatic N) is 2. The van der Waals surface area contributed by atoms with Crippen molar-refractivity contribution in [3.05, 3.63) is 42.0 Å². The van der Waals surface area contributed by atoms with Gasteiger partial charge in [0.25, 0.3) is 0 Å². The molecule has 0 fully saturated rings. The van der Waals surface area contributed by atoms with E-state index in [0.29, 0.717) is 18.9 Å². The minimum Gasteiger partial charge on any atom is -0.492 e. The molecule has 1 aromatic heterocycles. The van der Waals surface area contributed by atoms with Gasteiger partial charge in [-0.15, -0.1) is 0 Å². The molecule has 5 heteroatoms. The van der Waals surface area contributed by atoms with Crippen molar-refractivity contribution in [2.45, 2.75) is 39.8 Å². The number of ether oxygens (including phenoxy) is 1. The predicted molar refractivity (Wildman–Crippen MR) is 82.1 cm³/mol. The van der Waals surface area contributed by atoms with Gasteiger partial charge in [-0.3, -0.25) is 4.68 Å². The Morgan fingerprint density at radius 3 is 2.71 bits per heavy atom. The molecule has 0 aliphatic carbocycles. The average Bonchev–Trinajstić information content (AvgIpc) is 2.87. The molecule has 0 saturated heterocycles. The van der Waals surface area contributed by atoms with E-state index in [-0.39, 0.29) is 11.4 Å². The number of rotatable bonds is 5. The van der Waals surface area contributed by atoms with Gasteiger partial charge in [0.2, 0.25) is 0 Å². The van der Waals surface area contributed by atoms with E-state index in [1.807, 2.05) is 24.0 Å². The van der Waals surface area contributed by atoms with Crippen molar-refractivity contribution < 1.29 is 9.13 Å². The van der Waals surface area contributed by atoms with Crippen LogP contribution in [0.2, 0.25) is 0 Å². The van der Waals surface area contributed by atoms with Crippen LogP contribution in [0.3, 0.4) is 0 Å². The maximum absolute atomic E-state index is 13.2. The first-order valence-electron chi connectivity index (χ1n) is 7.10. The van der Waals surface area contributed by atoms with Gasteiger partial charge in [0, 0.05) is 24.4 Å². The third-order valence-corrected chi connectivity index (χ3v) is 3.05. The van der Waals surface area contributed by atoms with Crippen molar-refractivity contribution in [2.75, 3.05) is 11.9 Å². The first-order valence-corrected chi connectivity index (χ1v) is 7.10. The maximum Gasteiger partial charge on any atom is 0.145 e. The fraction of sp³-hybridized carbons (Fsp3) is 0.438. The number of anilines is 1. The Morgan fingerprint density at radius 1 is 1.33 bits per heavy atom. The van der Waals surface area contributed by atoms with Crippen molar-refractivity contribution in [2.24, 2.45) is 0 Å². The minimum absolute atomic E-state index is 0.0371. The van der Waals surface area contributed by atoms with E-state index in [1.165, 1.54) is 12.1 Å². The zero-order valence-corrected chi connectivity index (χ0v) is 13.0. The van der Waals surface area contributed by atoms with Crippen molar-refractivity contribution in [1.29, 1.82) is 0 Å². The molecule has 0 aliphatic rings. The first kappa shape index (κ1) is 15.4. The number of hydrogen-bond donors (Lipinski definition) is 1. The summed E-state index contributed by atoms with van der Waals surface area (Å²) in [6.45, 7) is 9.29. The Balaban J connectivity index is 2.08. The Hall–Kier alpha value is -2.04. The molecule has 1 aromatic carbocycles. The molecule has 0 amide bonds. The molecule has 0 radical (unpaired) electrons. The second-order valence-electron chi connectivity index (χ2n) is 5.89. The zero-order chi connectivity index (χ0) is 15.5. The van der Waals surface area contributed by atoms with E-state index in [9.17, 15) is 4.39 Å². The van der Waals surface area contributed by atoms with Gasteiger partial charge in [0.15, 0.2) is 0 Å². The predicted octanol–water partition coefficient (Wildman–Crippen LogP) is 3.79. The van der Waals surface area contributed by atoms with E-state index in [0.717, 1.165) is 11.3 Å². The lowest BCUT2D eigenvalue weighted by Gasteiger charge is -2.18. The van der Waals surface area contributed by atoms with Gasteiger partial charge in [-0.1, -0.05) is 0 Å². The zero-order valence-electron chi connectivity index (χ0n) is 13.0. The minimum atomic E-state index is -0.301. The topological polar surface area (TPSA) is 39.1 Å². The standard InChI is InChI=1S/C16H22FN3O/c1-5-21-15-8-13(17)6-7-14(15)18-9-12-10-19-20(11-12)16(2,3)4/h6-8,10-11,18H,5,9H2,1-4H3. The van der Waals surface area contributed by atoms with Crippen molar-refractivity contribution in [3.63, 3.8) is 0 Å². The highest BCUT2D eigenvalue weighted by molar-refractivity contribution is 5.56. The van der Waals surface area contributed by atoms with Crippen LogP contribution in [0.4, 0.5) is 10.1 Å². The summed E-state index contributed by atoms with van der Waals surface area (Å²) in [5.41, 5.74) is 1.81. The van der Waals surface area contributed by atoms with Crippen molar-refractivity contribution in [1.82, 2.24) is 9.78 Å². The van der Waals surface area contributed by atoms with Crippen LogP contribution in [0.5, 0.6) is 5.75 Å². The van der Waals surface area contributed by atoms with E-state index in [2.05, 4.69) is 31.2 Å². The Kier molecular flexibility index (Phi) is 4.50. The van der Waals surface area contributed by atoms with Gasteiger partial charge in [-0.25, -0.2) is 4.39 Å². The summed E-state index contributed by atoms with van der Waals surface area (Å²) in [5, 5.41) is 7.62. The highest BCUT2D eigenvalue weighted by Crippen LogP contribution is 2.26. The third-order valence-electron chi connectivity index (χ3n) is 3.05. The van der Waals surface area contributed by atoms with Crippen molar-refractivity contribution in [3.8, 4) is 5.75 Å². The number of halogens is 1. The number of nitrogens with one attached hydrogen (secondary N) is 1. The van der Waals surface area contributed by atoms with Crippen LogP contribution in [-0.4, -0.2) is 16.4 Å². The molecule has 0 spiro atoms. The lowest BCUT2D eigenvalue weighted by atomic mass is 10.1. The largest absolute Gasteiger partial charge is 0.492 e. The molecule has 1 heterocycles. The summed E-state index contributed by atoms with van der Waals surface area (Å²) in [5.74, 6) is 0.227. The molecule has 0 bridgehead atoms. The molecule has 0 atom stereocenters. The molecular formula is C16H22FN3O. The molecular weight excluding hydrogens is 269 g/mol. The van der Waals surface area contributed by atoms with Gasteiger partial charge < -0.3 is 10.1 Å². The summed E-state index contributed by atoms with van der Waals surface area (Å²) < 4.78 is 20.6. The quantitative estimate of drug-likeness (QED) is 0.911. The number of hydrogen-bond acceptors (Lipinski definition) is 3. The summed E-state index contributed by atoms with van der Waals surface area (Å²) >= 11 is 0. The van der Waals surface area contributed by atoms with Crippen LogP contribution in [0.1, 0.15) is 33.3 Å². The highest BCUT2D eigenvalue weighted by atomic mass is 19.1. The van der Waals surface area contributed by atoms with E-state index in [4.69, 9.17) is 4.74 Å². The SMILES string of the molecule is CCOc1cc(F)ccc1NCc1cnn(C(C)(C)C)c1. The molecule has 4 nitrogen and oxygen atoms in total. The van der Waals surface area contributed by atoms with Crippen LogP contribution in [-0.2, 0) is 12.1 Å². The smallest absolute Gasteiger partial charge is 0.145 e. The van der Waals surface area contributed by atoms with Crippen molar-refractivity contribution >= 4 is 5.69 Å². The molecule has 1 N–H and O–H groups in total. The summed E-state index contributed by atoms with van der Waals surface area (Å²) in [4.78, 5) is 0. The number of benzene rings is 1. The molecule has 2 rings (SSSR count). The number of aromatic nitrogens is 2. The van der Waals surface area contributed by atoms with Crippen LogP contribution in [0.15, 0.2) is 30.6 Å². The highest BCUT2D eigenvalue weighted by Gasteiger charge is 2.14. The normalized spacial score (nSPS) is 11.5. The second kappa shape index (κ2) is 6.16. The van der Waals surface area contributed by atoms with Crippen LogP contribution in [0, 0.1) is 5.82 Å². The lowest BCUT2D eigenvalue weighted by molar-refractivity contribution is 0.339. The Bertz CT molecular complexity index is 602. The van der Waals surface area contributed by atoms with Gasteiger partial charge in [0.1, 0.15) is 11.6 Å². The van der Waals surface area contributed by atoms with E-state index < -0.39 is 0 Å². The Morgan fingerprint density at radius 2 is 2.10 bits per heavy atom. The Labute approximate surface area is 124 Å². The maximum atomic E-state index is 13.2. The lowest BCUT2D eigenvalue weighted by Crippen LogP contribution is -2.21. The van der Waals surface area contributed by atoms with Gasteiger partial charge in [-0.2, -0.15) is 5.10 Å². The fourth-order valence-electron chi connectivity index (χ4n) is 1.93. The van der Waals surface area contributed by atoms with Crippen LogP contribution < -0.4 is 10.1 Å². The summed E-state index contributed by atoms with van der Waals surface area (Å²) in [6.07, 6.45) is 3.85. The molecule has 114 valence electrons. The van der Waals surface area contributed by atoms with Gasteiger partial charge in [-0.05, 0) is 39.8 Å². The van der Waals surface area contributed by atoms with E-state index >= 15 is 0 Å². The van der Waals surface area contributed by atoms with Crippen LogP contribution >= 0.6 is 0 Å². The monoisotopic (exact) mass is 291 g/mol. The van der Waals surface area contributed by atoms with E-state index in [1.54, 1.807) is 6.07 Å². The second-order valence-corrected chi connectivity index (χ2v) is 5.89. The molecule has 2 aromatic rings. The molecule has 0 saturated carbocycles. The molecule has 0 aliphatic heterocycles. The average molecular weight is 291 g/mol. The third kappa shape index (κ3) is 3.97. The van der Waals surface area contributed by atoms with Crippen LogP contribution in [0.25, 0.3) is 0 Å². The summed E-state index contributed by atoms with van der Waals surface area (Å²) in [6, 6.07) is 4.50. The fourth-order valence-corrected chi connectivity index (χ4v) is 1.93. The first-order chi connectivity index (χ1) is 9.90. The van der Waals surface area contributed by atoms with Gasteiger partial charge in [0.05, 0.1) is 24.0 Å².